The predicted molar refractivity (Wildman–Crippen MR) is 69.6 cm³/mol. The predicted octanol–water partition coefficient (Wildman–Crippen LogP) is 3.30. The molecule has 0 bridgehead atoms. The molecule has 0 spiro atoms. The smallest absolute Gasteiger partial charge is 0.315 e. The van der Waals surface area contributed by atoms with Crippen molar-refractivity contribution >= 4 is 6.03 Å². The van der Waals surface area contributed by atoms with Gasteiger partial charge in [-0.05, 0) is 32.6 Å². The van der Waals surface area contributed by atoms with Crippen LogP contribution in [0, 0.1) is 5.41 Å². The number of amides is 2. The van der Waals surface area contributed by atoms with Crippen LogP contribution >= 0.6 is 0 Å². The van der Waals surface area contributed by atoms with Crippen molar-refractivity contribution in [3.63, 3.8) is 0 Å². The van der Waals surface area contributed by atoms with Crippen molar-refractivity contribution in [3.8, 4) is 0 Å². The van der Waals surface area contributed by atoms with E-state index in [9.17, 15) is 4.79 Å². The highest BCUT2D eigenvalue weighted by molar-refractivity contribution is 5.75. The molecule has 0 saturated carbocycles. The van der Waals surface area contributed by atoms with Crippen molar-refractivity contribution in [1.82, 2.24) is 10.6 Å². The second-order valence-corrected chi connectivity index (χ2v) is 6.16. The quantitative estimate of drug-likeness (QED) is 0.761. The minimum absolute atomic E-state index is 0.0400. The zero-order chi connectivity index (χ0) is 13.0. The minimum atomic E-state index is -0.219. The first kappa shape index (κ1) is 15.3. The van der Waals surface area contributed by atoms with E-state index in [4.69, 9.17) is 0 Å². The molecule has 0 aromatic carbocycles. The molecule has 0 rings (SSSR count). The van der Waals surface area contributed by atoms with E-state index in [1.54, 1.807) is 0 Å². The van der Waals surface area contributed by atoms with Crippen LogP contribution < -0.4 is 10.6 Å². The Morgan fingerprint density at radius 3 is 2.06 bits per heavy atom. The van der Waals surface area contributed by atoms with Crippen LogP contribution in [0.25, 0.3) is 0 Å². The van der Waals surface area contributed by atoms with E-state index in [1.807, 2.05) is 6.92 Å². The van der Waals surface area contributed by atoms with Crippen LogP contribution in [0.1, 0.15) is 61.3 Å². The van der Waals surface area contributed by atoms with Gasteiger partial charge < -0.3 is 10.6 Å². The molecule has 0 saturated heterocycles. The van der Waals surface area contributed by atoms with Gasteiger partial charge in [0.15, 0.2) is 0 Å². The molecule has 0 aliphatic carbocycles. The Morgan fingerprint density at radius 2 is 1.69 bits per heavy atom. The lowest BCUT2D eigenvalue weighted by Gasteiger charge is -2.39. The highest BCUT2D eigenvalue weighted by Crippen LogP contribution is 2.29. The van der Waals surface area contributed by atoms with Gasteiger partial charge >= 0.3 is 6.03 Å². The lowest BCUT2D eigenvalue weighted by Crippen LogP contribution is -2.56. The molecule has 3 nitrogen and oxygen atoms in total. The van der Waals surface area contributed by atoms with Crippen molar-refractivity contribution in [3.05, 3.63) is 0 Å². The Labute approximate surface area is 100 Å². The van der Waals surface area contributed by atoms with Crippen molar-refractivity contribution in [2.45, 2.75) is 72.9 Å². The van der Waals surface area contributed by atoms with Crippen molar-refractivity contribution in [2.75, 3.05) is 0 Å². The molecule has 16 heavy (non-hydrogen) atoms. The van der Waals surface area contributed by atoms with Gasteiger partial charge in [-0.25, -0.2) is 4.79 Å². The Hall–Kier alpha value is -0.730. The van der Waals surface area contributed by atoms with Crippen LogP contribution in [0.15, 0.2) is 0 Å². The van der Waals surface area contributed by atoms with Crippen molar-refractivity contribution < 1.29 is 4.79 Å². The van der Waals surface area contributed by atoms with Crippen LogP contribution in [0.2, 0.25) is 0 Å². The molecule has 96 valence electrons. The average molecular weight is 228 g/mol. The first-order valence-electron chi connectivity index (χ1n) is 6.19. The van der Waals surface area contributed by atoms with Crippen LogP contribution in [0.4, 0.5) is 4.79 Å². The normalized spacial score (nSPS) is 14.4. The fraction of sp³-hybridized carbons (Fsp3) is 0.923. The second-order valence-electron chi connectivity index (χ2n) is 6.16. The second kappa shape index (κ2) is 5.55. The van der Waals surface area contributed by atoms with Crippen LogP contribution in [-0.4, -0.2) is 17.6 Å². The number of carbonyl (C=O) groups excluding carboxylic acids is 1. The number of carbonyl (C=O) groups is 1. The van der Waals surface area contributed by atoms with Gasteiger partial charge in [0.1, 0.15) is 0 Å². The molecule has 0 aliphatic rings. The van der Waals surface area contributed by atoms with Crippen molar-refractivity contribution in [2.24, 2.45) is 5.41 Å². The molecule has 1 unspecified atom stereocenters. The van der Waals surface area contributed by atoms with E-state index in [2.05, 4.69) is 52.2 Å². The molecule has 3 heteroatoms. The lowest BCUT2D eigenvalue weighted by atomic mass is 9.76. The number of nitrogens with one attached hydrogen (secondary N) is 2. The molecular formula is C13H28N2O. The topological polar surface area (TPSA) is 41.1 Å². The van der Waals surface area contributed by atoms with E-state index in [-0.39, 0.29) is 23.0 Å². The summed E-state index contributed by atoms with van der Waals surface area (Å²) in [6, 6.07) is 0.168. The van der Waals surface area contributed by atoms with E-state index >= 15 is 0 Å². The number of urea groups is 1. The summed E-state index contributed by atoms with van der Waals surface area (Å²) >= 11 is 0. The van der Waals surface area contributed by atoms with E-state index in [0.29, 0.717) is 0 Å². The Morgan fingerprint density at radius 1 is 1.19 bits per heavy atom. The maximum absolute atomic E-state index is 11.8. The van der Waals surface area contributed by atoms with Gasteiger partial charge in [-0.15, -0.1) is 0 Å². The van der Waals surface area contributed by atoms with Crippen molar-refractivity contribution in [1.29, 1.82) is 0 Å². The standard InChI is InChI=1S/C13H28N2O/c1-8-9-10(2)14-11(16)15-13(6,7)12(3,4)5/h10H,8-9H2,1-7H3,(H2,14,15,16). The number of rotatable bonds is 4. The maximum atomic E-state index is 11.8. The fourth-order valence-electron chi connectivity index (χ4n) is 1.24. The Kier molecular flexibility index (Phi) is 5.30. The monoisotopic (exact) mass is 228 g/mol. The van der Waals surface area contributed by atoms with Crippen LogP contribution in [0.3, 0.4) is 0 Å². The average Bonchev–Trinajstić information content (AvgIpc) is 1.99. The summed E-state index contributed by atoms with van der Waals surface area (Å²) in [5.74, 6) is 0. The van der Waals surface area contributed by atoms with Gasteiger partial charge in [-0.3, -0.25) is 0 Å². The van der Waals surface area contributed by atoms with Crippen LogP contribution in [0.5, 0.6) is 0 Å². The van der Waals surface area contributed by atoms with E-state index in [1.165, 1.54) is 0 Å². The summed E-state index contributed by atoms with van der Waals surface area (Å²) in [4.78, 5) is 11.8. The first-order valence-corrected chi connectivity index (χ1v) is 6.19. The molecule has 0 heterocycles. The molecular weight excluding hydrogens is 200 g/mol. The summed E-state index contributed by atoms with van der Waals surface area (Å²) in [7, 11) is 0. The summed E-state index contributed by atoms with van der Waals surface area (Å²) in [6.07, 6.45) is 2.10. The number of hydrogen-bond donors (Lipinski definition) is 2. The van der Waals surface area contributed by atoms with Gasteiger partial charge in [0.25, 0.3) is 0 Å². The van der Waals surface area contributed by atoms with E-state index < -0.39 is 0 Å². The summed E-state index contributed by atoms with van der Waals surface area (Å²) in [6.45, 7) is 14.6. The zero-order valence-corrected chi connectivity index (χ0v) is 11.9. The highest BCUT2D eigenvalue weighted by Gasteiger charge is 2.34. The molecule has 2 amide bonds. The maximum Gasteiger partial charge on any atom is 0.315 e. The molecule has 2 N–H and O–H groups in total. The third kappa shape index (κ3) is 4.86. The largest absolute Gasteiger partial charge is 0.336 e. The summed E-state index contributed by atoms with van der Waals surface area (Å²) in [5, 5.41) is 5.99. The van der Waals surface area contributed by atoms with Gasteiger partial charge in [-0.2, -0.15) is 0 Å². The highest BCUT2D eigenvalue weighted by atomic mass is 16.2. The zero-order valence-electron chi connectivity index (χ0n) is 11.9. The van der Waals surface area contributed by atoms with Crippen LogP contribution in [-0.2, 0) is 0 Å². The fourth-order valence-corrected chi connectivity index (χ4v) is 1.24. The molecule has 0 fully saturated rings. The van der Waals surface area contributed by atoms with Gasteiger partial charge in [-0.1, -0.05) is 34.1 Å². The third-order valence-corrected chi connectivity index (χ3v) is 3.40. The molecule has 1 atom stereocenters. The van der Waals surface area contributed by atoms with Gasteiger partial charge in [0.05, 0.1) is 0 Å². The van der Waals surface area contributed by atoms with Gasteiger partial charge in [0.2, 0.25) is 0 Å². The minimum Gasteiger partial charge on any atom is -0.336 e. The number of hydrogen-bond acceptors (Lipinski definition) is 1. The first-order chi connectivity index (χ1) is 7.10. The molecule has 0 aromatic rings. The SMILES string of the molecule is CCCC(C)NC(=O)NC(C)(C)C(C)(C)C. The Bertz CT molecular complexity index is 229. The molecule has 0 aliphatic heterocycles. The third-order valence-electron chi connectivity index (χ3n) is 3.40. The van der Waals surface area contributed by atoms with E-state index in [0.717, 1.165) is 12.8 Å². The van der Waals surface area contributed by atoms with Gasteiger partial charge in [0, 0.05) is 11.6 Å². The lowest BCUT2D eigenvalue weighted by molar-refractivity contribution is 0.170. The Balaban J connectivity index is 4.25. The summed E-state index contributed by atoms with van der Waals surface area (Å²) in [5.41, 5.74) is -0.179. The molecule has 0 radical (unpaired) electrons. The molecule has 0 aromatic heterocycles. The summed E-state index contributed by atoms with van der Waals surface area (Å²) < 4.78 is 0.